The van der Waals surface area contributed by atoms with Crippen LogP contribution in [0.1, 0.15) is 27.0 Å². The van der Waals surface area contributed by atoms with Crippen LogP contribution >= 0.6 is 0 Å². The Hall–Kier alpha value is -2.39. The van der Waals surface area contributed by atoms with Crippen LogP contribution in [0.3, 0.4) is 0 Å². The van der Waals surface area contributed by atoms with E-state index in [1.165, 1.54) is 0 Å². The van der Waals surface area contributed by atoms with Crippen LogP contribution in [-0.4, -0.2) is 10.8 Å². The van der Waals surface area contributed by atoms with E-state index in [1.54, 1.807) is 4.90 Å². The highest BCUT2D eigenvalue weighted by molar-refractivity contribution is 6.08. The molecule has 1 aliphatic heterocycles. The first-order chi connectivity index (χ1) is 9.72. The Morgan fingerprint density at radius 1 is 0.950 bits per heavy atom. The number of nitrogens with two attached hydrogens (primary N) is 1. The first-order valence-corrected chi connectivity index (χ1v) is 6.59. The van der Waals surface area contributed by atoms with Gasteiger partial charge in [0.15, 0.2) is 0 Å². The number of rotatable bonds is 3. The van der Waals surface area contributed by atoms with Crippen LogP contribution in [-0.2, 0) is 13.1 Å². The summed E-state index contributed by atoms with van der Waals surface area (Å²) in [6, 6.07) is 15.5. The zero-order valence-corrected chi connectivity index (χ0v) is 11.2. The van der Waals surface area contributed by atoms with Crippen molar-refractivity contribution in [2.45, 2.75) is 13.1 Å². The maximum atomic E-state index is 12.4. The number of nitrogens with zero attached hydrogens (tertiary/aromatic N) is 1. The highest BCUT2D eigenvalue weighted by atomic mass is 16.2. The van der Waals surface area contributed by atoms with Gasteiger partial charge >= 0.3 is 0 Å². The van der Waals surface area contributed by atoms with Gasteiger partial charge < -0.3 is 10.6 Å². The summed E-state index contributed by atoms with van der Waals surface area (Å²) in [6.45, 7) is 5.04. The van der Waals surface area contributed by atoms with Crippen LogP contribution in [0.25, 0.3) is 5.70 Å². The molecule has 0 bridgehead atoms. The van der Waals surface area contributed by atoms with Crippen LogP contribution in [0, 0.1) is 0 Å². The van der Waals surface area contributed by atoms with E-state index < -0.39 is 0 Å². The van der Waals surface area contributed by atoms with E-state index in [9.17, 15) is 4.79 Å². The van der Waals surface area contributed by atoms with E-state index in [1.807, 2.05) is 48.5 Å². The number of hydrogen-bond donors (Lipinski definition) is 1. The standard InChI is InChI=1S/C17H16N2O/c1-12-15-8-4-5-9-16(15)17(20)19(12)11-14-7-3-2-6-13(14)10-18/h2-9H,1,10-11,18H2. The molecular formula is C17H16N2O. The lowest BCUT2D eigenvalue weighted by atomic mass is 10.1. The van der Waals surface area contributed by atoms with Gasteiger partial charge in [0.25, 0.3) is 5.91 Å². The molecule has 2 N–H and O–H groups in total. The molecule has 3 heteroatoms. The minimum Gasteiger partial charge on any atom is -0.326 e. The third-order valence-corrected chi connectivity index (χ3v) is 3.71. The smallest absolute Gasteiger partial charge is 0.259 e. The predicted octanol–water partition coefficient (Wildman–Crippen LogP) is 2.77. The van der Waals surface area contributed by atoms with Crippen molar-refractivity contribution >= 4 is 11.6 Å². The number of carbonyl (C=O) groups is 1. The third-order valence-electron chi connectivity index (χ3n) is 3.71. The molecule has 0 aliphatic carbocycles. The normalized spacial score (nSPS) is 13.8. The van der Waals surface area contributed by atoms with Gasteiger partial charge in [0, 0.05) is 23.4 Å². The molecule has 100 valence electrons. The minimum absolute atomic E-state index is 0.0115. The molecule has 0 spiro atoms. The van der Waals surface area contributed by atoms with Crippen molar-refractivity contribution in [3.05, 3.63) is 77.4 Å². The third kappa shape index (κ3) is 1.92. The molecule has 0 aromatic heterocycles. The molecule has 1 heterocycles. The molecule has 0 saturated heterocycles. The number of hydrogen-bond acceptors (Lipinski definition) is 2. The lowest BCUT2D eigenvalue weighted by molar-refractivity contribution is 0.0843. The molecule has 3 rings (SSSR count). The van der Waals surface area contributed by atoms with Crippen molar-refractivity contribution in [1.82, 2.24) is 4.90 Å². The molecule has 0 radical (unpaired) electrons. The summed E-state index contributed by atoms with van der Waals surface area (Å²) in [6.07, 6.45) is 0. The summed E-state index contributed by atoms with van der Waals surface area (Å²) < 4.78 is 0. The summed E-state index contributed by atoms with van der Waals surface area (Å²) in [7, 11) is 0. The molecule has 0 saturated carbocycles. The van der Waals surface area contributed by atoms with Crippen LogP contribution in [0.5, 0.6) is 0 Å². The van der Waals surface area contributed by atoms with Crippen molar-refractivity contribution in [3.63, 3.8) is 0 Å². The maximum absolute atomic E-state index is 12.4. The summed E-state index contributed by atoms with van der Waals surface area (Å²) in [5, 5.41) is 0. The summed E-state index contributed by atoms with van der Waals surface area (Å²) in [5.74, 6) is 0.0115. The molecule has 20 heavy (non-hydrogen) atoms. The fourth-order valence-corrected chi connectivity index (χ4v) is 2.58. The van der Waals surface area contributed by atoms with Gasteiger partial charge in [0.2, 0.25) is 0 Å². The lowest BCUT2D eigenvalue weighted by Gasteiger charge is -2.19. The number of fused-ring (bicyclic) bond motifs is 1. The van der Waals surface area contributed by atoms with Gasteiger partial charge in [-0.05, 0) is 17.2 Å². The first kappa shape index (κ1) is 12.6. The number of amides is 1. The van der Waals surface area contributed by atoms with E-state index in [-0.39, 0.29) is 5.91 Å². The number of benzene rings is 2. The Morgan fingerprint density at radius 2 is 1.55 bits per heavy atom. The van der Waals surface area contributed by atoms with Gasteiger partial charge in [-0.25, -0.2) is 0 Å². The second-order valence-electron chi connectivity index (χ2n) is 4.86. The SMILES string of the molecule is C=C1c2ccccc2C(=O)N1Cc1ccccc1CN. The van der Waals surface area contributed by atoms with Gasteiger partial charge in [-0.3, -0.25) is 4.79 Å². The molecule has 0 atom stereocenters. The highest BCUT2D eigenvalue weighted by Crippen LogP contribution is 2.32. The molecule has 2 aromatic carbocycles. The Kier molecular flexibility index (Phi) is 3.12. The molecule has 3 nitrogen and oxygen atoms in total. The average molecular weight is 264 g/mol. The van der Waals surface area contributed by atoms with E-state index >= 15 is 0 Å². The van der Waals surface area contributed by atoms with Crippen molar-refractivity contribution in [2.24, 2.45) is 5.73 Å². The molecular weight excluding hydrogens is 248 g/mol. The van der Waals surface area contributed by atoms with Crippen molar-refractivity contribution in [1.29, 1.82) is 0 Å². The minimum atomic E-state index is 0.0115. The van der Waals surface area contributed by atoms with E-state index in [4.69, 9.17) is 5.73 Å². The van der Waals surface area contributed by atoms with Gasteiger partial charge in [-0.1, -0.05) is 49.0 Å². The van der Waals surface area contributed by atoms with E-state index in [0.717, 1.165) is 28.0 Å². The van der Waals surface area contributed by atoms with Crippen LogP contribution in [0.2, 0.25) is 0 Å². The van der Waals surface area contributed by atoms with Gasteiger partial charge in [0.05, 0.1) is 6.54 Å². The van der Waals surface area contributed by atoms with Crippen molar-refractivity contribution in [2.75, 3.05) is 0 Å². The lowest BCUT2D eigenvalue weighted by Crippen LogP contribution is -2.23. The van der Waals surface area contributed by atoms with Crippen molar-refractivity contribution < 1.29 is 4.79 Å². The van der Waals surface area contributed by atoms with Crippen molar-refractivity contribution in [3.8, 4) is 0 Å². The van der Waals surface area contributed by atoms with Crippen LogP contribution in [0.15, 0.2) is 55.1 Å². The molecule has 0 unspecified atom stereocenters. The van der Waals surface area contributed by atoms with Crippen LogP contribution < -0.4 is 5.73 Å². The molecule has 1 aliphatic rings. The zero-order valence-electron chi connectivity index (χ0n) is 11.2. The first-order valence-electron chi connectivity index (χ1n) is 6.59. The molecule has 2 aromatic rings. The Bertz CT molecular complexity index is 656. The average Bonchev–Trinajstić information content (AvgIpc) is 2.73. The van der Waals surface area contributed by atoms with Gasteiger partial charge in [-0.15, -0.1) is 0 Å². The second-order valence-corrected chi connectivity index (χ2v) is 4.86. The Labute approximate surface area is 118 Å². The topological polar surface area (TPSA) is 46.3 Å². The fraction of sp³-hybridized carbons (Fsp3) is 0.118. The van der Waals surface area contributed by atoms with E-state index in [2.05, 4.69) is 6.58 Å². The maximum Gasteiger partial charge on any atom is 0.259 e. The number of carbonyl (C=O) groups excluding carboxylic acids is 1. The summed E-state index contributed by atoms with van der Waals surface area (Å²) in [5.41, 5.74) is 10.3. The Balaban J connectivity index is 1.94. The Morgan fingerprint density at radius 3 is 2.20 bits per heavy atom. The largest absolute Gasteiger partial charge is 0.326 e. The van der Waals surface area contributed by atoms with Gasteiger partial charge in [0.1, 0.15) is 0 Å². The predicted molar refractivity (Wildman–Crippen MR) is 79.7 cm³/mol. The monoisotopic (exact) mass is 264 g/mol. The second kappa shape index (κ2) is 4.94. The molecule has 0 fully saturated rings. The summed E-state index contributed by atoms with van der Waals surface area (Å²) >= 11 is 0. The van der Waals surface area contributed by atoms with Gasteiger partial charge in [-0.2, -0.15) is 0 Å². The zero-order chi connectivity index (χ0) is 14.1. The summed E-state index contributed by atoms with van der Waals surface area (Å²) in [4.78, 5) is 14.2. The van der Waals surface area contributed by atoms with E-state index in [0.29, 0.717) is 13.1 Å². The quantitative estimate of drug-likeness (QED) is 0.926. The fourth-order valence-electron chi connectivity index (χ4n) is 2.58. The molecule has 1 amide bonds. The van der Waals surface area contributed by atoms with Crippen LogP contribution in [0.4, 0.5) is 0 Å². The highest BCUT2D eigenvalue weighted by Gasteiger charge is 2.30.